The minimum absolute atomic E-state index is 0.112. The summed E-state index contributed by atoms with van der Waals surface area (Å²) in [4.78, 5) is 25.0. The third-order valence-corrected chi connectivity index (χ3v) is 8.43. The molecule has 1 N–H and O–H groups in total. The molecule has 2 aromatic carbocycles. The second-order valence-electron chi connectivity index (χ2n) is 7.00. The van der Waals surface area contributed by atoms with E-state index >= 15 is 0 Å². The second kappa shape index (κ2) is 8.96. The van der Waals surface area contributed by atoms with E-state index in [-0.39, 0.29) is 9.77 Å². The number of ether oxygens (including phenoxy) is 1. The number of fused-ring (bicyclic) bond motifs is 1. The van der Waals surface area contributed by atoms with Gasteiger partial charge in [0, 0.05) is 28.9 Å². The highest BCUT2D eigenvalue weighted by Crippen LogP contribution is 2.35. The van der Waals surface area contributed by atoms with Crippen molar-refractivity contribution in [3.63, 3.8) is 0 Å². The van der Waals surface area contributed by atoms with Gasteiger partial charge in [0.2, 0.25) is 10.0 Å². The van der Waals surface area contributed by atoms with E-state index in [1.54, 1.807) is 18.2 Å². The molecule has 1 fully saturated rings. The molecule has 0 unspecified atom stereocenters. The van der Waals surface area contributed by atoms with Crippen LogP contribution in [0.25, 0.3) is 10.1 Å². The lowest BCUT2D eigenvalue weighted by Crippen LogP contribution is -2.28. The van der Waals surface area contributed by atoms with Crippen LogP contribution in [0.2, 0.25) is 5.02 Å². The standard InChI is InChI=1S/C21H19ClN2O5S2/c22-19-16-8-1-2-9-17(16)30-20(19)21(26)29-13-18(25)23-14-6-5-7-15(12-14)31(27,28)24-10-3-4-11-24/h1-2,5-9,12H,3-4,10-11,13H2,(H,23,25). The first-order valence-electron chi connectivity index (χ1n) is 9.60. The zero-order valence-corrected chi connectivity index (χ0v) is 18.7. The van der Waals surface area contributed by atoms with Crippen LogP contribution >= 0.6 is 22.9 Å². The Labute approximate surface area is 188 Å². The predicted octanol–water partition coefficient (Wildman–Crippen LogP) is 4.13. The SMILES string of the molecule is O=C(COC(=O)c1sc2ccccc2c1Cl)Nc1cccc(S(=O)(=O)N2CCCC2)c1. The van der Waals surface area contributed by atoms with Gasteiger partial charge < -0.3 is 10.1 Å². The van der Waals surface area contributed by atoms with E-state index < -0.39 is 28.5 Å². The molecule has 0 atom stereocenters. The summed E-state index contributed by atoms with van der Waals surface area (Å²) in [5.41, 5.74) is 0.307. The Morgan fingerprint density at radius 3 is 2.58 bits per heavy atom. The summed E-state index contributed by atoms with van der Waals surface area (Å²) in [6.45, 7) is 0.469. The maximum Gasteiger partial charge on any atom is 0.350 e. The molecule has 0 bridgehead atoms. The highest BCUT2D eigenvalue weighted by molar-refractivity contribution is 7.89. The van der Waals surface area contributed by atoms with E-state index in [0.717, 1.165) is 22.9 Å². The van der Waals surface area contributed by atoms with Gasteiger partial charge in [-0.25, -0.2) is 13.2 Å². The summed E-state index contributed by atoms with van der Waals surface area (Å²) < 4.78 is 32.7. The molecular weight excluding hydrogens is 460 g/mol. The van der Waals surface area contributed by atoms with Crippen LogP contribution in [0.3, 0.4) is 0 Å². The van der Waals surface area contributed by atoms with Crippen molar-refractivity contribution >= 4 is 60.6 Å². The van der Waals surface area contributed by atoms with Crippen molar-refractivity contribution in [1.82, 2.24) is 4.31 Å². The Kier molecular flexibility index (Phi) is 6.29. The number of hydrogen-bond acceptors (Lipinski definition) is 6. The number of nitrogens with one attached hydrogen (secondary N) is 1. The molecule has 7 nitrogen and oxygen atoms in total. The van der Waals surface area contributed by atoms with Gasteiger partial charge in [-0.1, -0.05) is 35.9 Å². The van der Waals surface area contributed by atoms with Crippen LogP contribution in [-0.2, 0) is 19.6 Å². The summed E-state index contributed by atoms with van der Waals surface area (Å²) in [5, 5.41) is 3.61. The fourth-order valence-corrected chi connectivity index (χ4v) is 6.32. The zero-order chi connectivity index (χ0) is 22.0. The van der Waals surface area contributed by atoms with Crippen molar-refractivity contribution in [1.29, 1.82) is 0 Å². The number of carbonyl (C=O) groups is 2. The number of esters is 1. The number of hydrogen-bond donors (Lipinski definition) is 1. The van der Waals surface area contributed by atoms with E-state index in [2.05, 4.69) is 5.32 Å². The largest absolute Gasteiger partial charge is 0.451 e. The van der Waals surface area contributed by atoms with Crippen LogP contribution in [-0.4, -0.2) is 44.3 Å². The minimum Gasteiger partial charge on any atom is -0.451 e. The van der Waals surface area contributed by atoms with Gasteiger partial charge in [0.15, 0.2) is 6.61 Å². The fraction of sp³-hybridized carbons (Fsp3) is 0.238. The highest BCUT2D eigenvalue weighted by atomic mass is 35.5. The average molecular weight is 479 g/mol. The molecule has 1 saturated heterocycles. The van der Waals surface area contributed by atoms with Gasteiger partial charge >= 0.3 is 5.97 Å². The van der Waals surface area contributed by atoms with Crippen LogP contribution in [0.5, 0.6) is 0 Å². The first kappa shape index (κ1) is 21.8. The number of rotatable bonds is 6. The average Bonchev–Trinajstić information content (AvgIpc) is 3.42. The molecule has 3 aromatic rings. The first-order chi connectivity index (χ1) is 14.9. The molecule has 1 aliphatic heterocycles. The van der Waals surface area contributed by atoms with Crippen molar-refractivity contribution in [3.8, 4) is 0 Å². The van der Waals surface area contributed by atoms with Crippen molar-refractivity contribution < 1.29 is 22.7 Å². The fourth-order valence-electron chi connectivity index (χ4n) is 3.35. The summed E-state index contributed by atoms with van der Waals surface area (Å²) in [5.74, 6) is -1.27. The van der Waals surface area contributed by atoms with Gasteiger partial charge in [0.1, 0.15) is 4.88 Å². The lowest BCUT2D eigenvalue weighted by Gasteiger charge is -2.16. The molecule has 0 spiro atoms. The molecule has 4 rings (SSSR count). The van der Waals surface area contributed by atoms with E-state index in [0.29, 0.717) is 23.8 Å². The number of anilines is 1. The molecule has 31 heavy (non-hydrogen) atoms. The molecule has 1 aliphatic rings. The van der Waals surface area contributed by atoms with Crippen molar-refractivity contribution in [3.05, 3.63) is 58.4 Å². The van der Waals surface area contributed by atoms with Gasteiger partial charge in [-0.2, -0.15) is 4.31 Å². The lowest BCUT2D eigenvalue weighted by molar-refractivity contribution is -0.119. The Hall–Kier alpha value is -2.46. The smallest absolute Gasteiger partial charge is 0.350 e. The molecule has 0 saturated carbocycles. The number of halogens is 1. The number of carbonyl (C=O) groups excluding carboxylic acids is 2. The van der Waals surface area contributed by atoms with Crippen molar-refractivity contribution in [2.75, 3.05) is 25.0 Å². The van der Waals surface area contributed by atoms with Crippen LogP contribution in [0.4, 0.5) is 5.69 Å². The van der Waals surface area contributed by atoms with Crippen molar-refractivity contribution in [2.24, 2.45) is 0 Å². The summed E-state index contributed by atoms with van der Waals surface area (Å²) in [6, 6.07) is 13.3. The normalized spacial score (nSPS) is 14.6. The number of thiophene rings is 1. The maximum atomic E-state index is 12.7. The van der Waals surface area contributed by atoms with Crippen LogP contribution < -0.4 is 5.32 Å². The van der Waals surface area contributed by atoms with E-state index in [4.69, 9.17) is 16.3 Å². The third-order valence-electron chi connectivity index (χ3n) is 4.88. The Bertz CT molecular complexity index is 1250. The van der Waals surface area contributed by atoms with Crippen molar-refractivity contribution in [2.45, 2.75) is 17.7 Å². The molecule has 162 valence electrons. The van der Waals surface area contributed by atoms with Gasteiger partial charge in [-0.3, -0.25) is 4.79 Å². The summed E-state index contributed by atoms with van der Waals surface area (Å²) in [7, 11) is -3.59. The van der Waals surface area contributed by atoms with Crippen LogP contribution in [0.15, 0.2) is 53.4 Å². The summed E-state index contributed by atoms with van der Waals surface area (Å²) in [6.07, 6.45) is 1.68. The van der Waals surface area contributed by atoms with Crippen LogP contribution in [0.1, 0.15) is 22.5 Å². The van der Waals surface area contributed by atoms with Gasteiger partial charge in [-0.15, -0.1) is 11.3 Å². The number of benzene rings is 2. The van der Waals surface area contributed by atoms with Crippen LogP contribution in [0, 0.1) is 0 Å². The van der Waals surface area contributed by atoms with Gasteiger partial charge in [-0.05, 0) is 37.1 Å². The first-order valence-corrected chi connectivity index (χ1v) is 12.2. The zero-order valence-electron chi connectivity index (χ0n) is 16.3. The Balaban J connectivity index is 1.40. The topological polar surface area (TPSA) is 92.8 Å². The van der Waals surface area contributed by atoms with Gasteiger partial charge in [0.05, 0.1) is 9.92 Å². The number of nitrogens with zero attached hydrogens (tertiary/aromatic N) is 1. The lowest BCUT2D eigenvalue weighted by atomic mass is 10.2. The van der Waals surface area contributed by atoms with Gasteiger partial charge in [0.25, 0.3) is 5.91 Å². The molecule has 1 amide bonds. The van der Waals surface area contributed by atoms with E-state index in [1.165, 1.54) is 27.8 Å². The third kappa shape index (κ3) is 4.59. The Morgan fingerprint density at radius 1 is 1.10 bits per heavy atom. The minimum atomic E-state index is -3.59. The molecule has 0 aliphatic carbocycles. The number of amides is 1. The van der Waals surface area contributed by atoms with E-state index in [1.807, 2.05) is 18.2 Å². The molecule has 0 radical (unpaired) electrons. The second-order valence-corrected chi connectivity index (χ2v) is 10.4. The maximum absolute atomic E-state index is 12.7. The monoisotopic (exact) mass is 478 g/mol. The summed E-state index contributed by atoms with van der Waals surface area (Å²) >= 11 is 7.45. The predicted molar refractivity (Wildman–Crippen MR) is 120 cm³/mol. The molecular formula is C21H19ClN2O5S2. The Morgan fingerprint density at radius 2 is 1.84 bits per heavy atom. The molecule has 10 heteroatoms. The molecule has 1 aromatic heterocycles. The quantitative estimate of drug-likeness (QED) is 0.537. The number of sulfonamides is 1. The molecule has 2 heterocycles. The highest BCUT2D eigenvalue weighted by Gasteiger charge is 2.27. The van der Waals surface area contributed by atoms with E-state index in [9.17, 15) is 18.0 Å².